The second-order valence-electron chi connectivity index (χ2n) is 5.44. The summed E-state index contributed by atoms with van der Waals surface area (Å²) in [5, 5.41) is 1.02. The van der Waals surface area contributed by atoms with E-state index < -0.39 is 0 Å². The van der Waals surface area contributed by atoms with Crippen LogP contribution in [-0.2, 0) is 6.61 Å². The number of nitrogen functional groups attached to an aromatic ring is 1. The molecule has 20 heavy (non-hydrogen) atoms. The van der Waals surface area contributed by atoms with Gasteiger partial charge in [0.25, 0.3) is 0 Å². The molecular formula is C16H22N2OS. The number of anilines is 1. The number of thiazole rings is 1. The van der Waals surface area contributed by atoms with Gasteiger partial charge in [-0.25, -0.2) is 4.98 Å². The van der Waals surface area contributed by atoms with Crippen LogP contribution in [0.2, 0.25) is 0 Å². The van der Waals surface area contributed by atoms with Crippen molar-refractivity contribution in [3.05, 3.63) is 38.8 Å². The predicted octanol–water partition coefficient (Wildman–Crippen LogP) is 4.35. The molecule has 2 aromatic rings. The van der Waals surface area contributed by atoms with Crippen LogP contribution >= 0.6 is 11.3 Å². The van der Waals surface area contributed by atoms with Gasteiger partial charge in [-0.2, -0.15) is 0 Å². The minimum absolute atomic E-state index is 0.382. The molecule has 1 heterocycles. The Morgan fingerprint density at radius 3 is 2.50 bits per heavy atom. The van der Waals surface area contributed by atoms with Gasteiger partial charge in [-0.15, -0.1) is 11.3 Å². The lowest BCUT2D eigenvalue weighted by atomic mass is 9.99. The first-order valence-corrected chi connectivity index (χ1v) is 7.66. The van der Waals surface area contributed by atoms with Gasteiger partial charge in [0, 0.05) is 10.6 Å². The molecule has 1 aromatic heterocycles. The first-order chi connectivity index (χ1) is 9.38. The zero-order chi connectivity index (χ0) is 14.9. The Balaban J connectivity index is 2.22. The molecule has 4 heteroatoms. The number of nitrogens with zero attached hydrogens (tertiary/aromatic N) is 1. The van der Waals surface area contributed by atoms with E-state index in [4.69, 9.17) is 10.5 Å². The average Bonchev–Trinajstić information content (AvgIpc) is 2.69. The van der Waals surface area contributed by atoms with Gasteiger partial charge in [-0.3, -0.25) is 0 Å². The maximum Gasteiger partial charge on any atom is 0.140 e. The highest BCUT2D eigenvalue weighted by molar-refractivity contribution is 7.11. The average molecular weight is 290 g/mol. The lowest BCUT2D eigenvalue weighted by molar-refractivity contribution is 0.301. The van der Waals surface area contributed by atoms with E-state index in [-0.39, 0.29) is 0 Å². The first-order valence-electron chi connectivity index (χ1n) is 6.84. The van der Waals surface area contributed by atoms with E-state index >= 15 is 0 Å². The molecule has 0 saturated heterocycles. The van der Waals surface area contributed by atoms with Crippen molar-refractivity contribution in [2.75, 3.05) is 5.73 Å². The summed E-state index contributed by atoms with van der Waals surface area (Å²) in [5.74, 6) is 1.30. The van der Waals surface area contributed by atoms with Crippen LogP contribution in [0.25, 0.3) is 0 Å². The van der Waals surface area contributed by atoms with Crippen molar-refractivity contribution < 1.29 is 4.74 Å². The molecule has 0 atom stereocenters. The molecule has 2 N–H and O–H groups in total. The highest BCUT2D eigenvalue weighted by atomic mass is 32.1. The Morgan fingerprint density at radius 1 is 1.25 bits per heavy atom. The molecule has 0 radical (unpaired) electrons. The van der Waals surface area contributed by atoms with Gasteiger partial charge >= 0.3 is 0 Å². The van der Waals surface area contributed by atoms with Gasteiger partial charge < -0.3 is 10.5 Å². The van der Waals surface area contributed by atoms with Crippen LogP contribution in [0, 0.1) is 20.8 Å². The highest BCUT2D eigenvalue weighted by Gasteiger charge is 2.12. The molecule has 2 rings (SSSR count). The van der Waals surface area contributed by atoms with E-state index in [9.17, 15) is 0 Å². The monoisotopic (exact) mass is 290 g/mol. The molecule has 0 aliphatic heterocycles. The number of aromatic nitrogens is 1. The fraction of sp³-hybridized carbons (Fsp3) is 0.438. The number of ether oxygens (including phenoxy) is 1. The minimum Gasteiger partial charge on any atom is -0.486 e. The third-order valence-electron chi connectivity index (χ3n) is 3.44. The third kappa shape index (κ3) is 3.12. The van der Waals surface area contributed by atoms with E-state index in [2.05, 4.69) is 25.8 Å². The van der Waals surface area contributed by atoms with Gasteiger partial charge in [0.15, 0.2) is 0 Å². The molecule has 0 aliphatic carbocycles. The summed E-state index contributed by atoms with van der Waals surface area (Å²) in [6.45, 7) is 10.9. The number of hydrogen-bond acceptors (Lipinski definition) is 4. The quantitative estimate of drug-likeness (QED) is 0.851. The molecular weight excluding hydrogens is 268 g/mol. The van der Waals surface area contributed by atoms with Crippen molar-refractivity contribution in [2.45, 2.75) is 47.1 Å². The molecule has 0 fully saturated rings. The van der Waals surface area contributed by atoms with Gasteiger partial charge in [0.1, 0.15) is 17.4 Å². The Labute approximate surface area is 124 Å². The van der Waals surface area contributed by atoms with Crippen molar-refractivity contribution in [2.24, 2.45) is 0 Å². The van der Waals surface area contributed by atoms with Crippen LogP contribution in [0.4, 0.5) is 5.69 Å². The maximum atomic E-state index is 5.99. The van der Waals surface area contributed by atoms with Crippen molar-refractivity contribution in [1.29, 1.82) is 0 Å². The zero-order valence-electron chi connectivity index (χ0n) is 12.8. The third-order valence-corrected chi connectivity index (χ3v) is 4.49. The van der Waals surface area contributed by atoms with Gasteiger partial charge in [-0.05, 0) is 49.9 Å². The SMILES string of the molecule is Cc1cc(OCc2nc(C)c(C)s2)c(C(C)C)cc1N. The Kier molecular flexibility index (Phi) is 4.33. The molecule has 3 nitrogen and oxygen atoms in total. The van der Waals surface area contributed by atoms with Gasteiger partial charge in [-0.1, -0.05) is 13.8 Å². The van der Waals surface area contributed by atoms with Crippen LogP contribution in [0.15, 0.2) is 12.1 Å². The van der Waals surface area contributed by atoms with Crippen molar-refractivity contribution in [3.63, 3.8) is 0 Å². The minimum atomic E-state index is 0.382. The Bertz CT molecular complexity index is 598. The standard InChI is InChI=1S/C16H22N2OS/c1-9(2)13-7-14(17)10(3)6-15(13)19-8-16-18-11(4)12(5)20-16/h6-7,9H,8,17H2,1-5H3. The number of nitrogens with two attached hydrogens (primary N) is 1. The topological polar surface area (TPSA) is 48.1 Å². The van der Waals surface area contributed by atoms with Crippen LogP contribution in [0.3, 0.4) is 0 Å². The Morgan fingerprint density at radius 2 is 1.95 bits per heavy atom. The van der Waals surface area contributed by atoms with Crippen molar-refractivity contribution in [3.8, 4) is 5.75 Å². The number of rotatable bonds is 4. The molecule has 0 saturated carbocycles. The Hall–Kier alpha value is -1.55. The summed E-state index contributed by atoms with van der Waals surface area (Å²) in [7, 11) is 0. The lowest BCUT2D eigenvalue weighted by Gasteiger charge is -2.15. The summed E-state index contributed by atoms with van der Waals surface area (Å²) >= 11 is 1.69. The molecule has 0 unspecified atom stereocenters. The summed E-state index contributed by atoms with van der Waals surface area (Å²) in [5.41, 5.74) is 10.1. The number of aryl methyl sites for hydroxylation is 3. The zero-order valence-corrected chi connectivity index (χ0v) is 13.6. The second kappa shape index (κ2) is 5.83. The van der Waals surface area contributed by atoms with E-state index in [0.717, 1.165) is 33.3 Å². The predicted molar refractivity (Wildman–Crippen MR) is 85.6 cm³/mol. The van der Waals surface area contributed by atoms with Crippen LogP contribution < -0.4 is 10.5 Å². The van der Waals surface area contributed by atoms with E-state index in [1.807, 2.05) is 26.0 Å². The van der Waals surface area contributed by atoms with E-state index in [1.54, 1.807) is 11.3 Å². The van der Waals surface area contributed by atoms with Crippen LogP contribution in [0.5, 0.6) is 5.75 Å². The summed E-state index contributed by atoms with van der Waals surface area (Å²) in [4.78, 5) is 5.76. The summed E-state index contributed by atoms with van der Waals surface area (Å²) in [6.07, 6.45) is 0. The maximum absolute atomic E-state index is 5.99. The number of hydrogen-bond donors (Lipinski definition) is 1. The highest BCUT2D eigenvalue weighted by Crippen LogP contribution is 2.31. The summed E-state index contributed by atoms with van der Waals surface area (Å²) in [6, 6.07) is 4.05. The normalized spacial score (nSPS) is 11.1. The number of benzene rings is 1. The molecule has 108 valence electrons. The van der Waals surface area contributed by atoms with Gasteiger partial charge in [0.05, 0.1) is 5.69 Å². The van der Waals surface area contributed by atoms with Crippen molar-refractivity contribution >= 4 is 17.0 Å². The van der Waals surface area contributed by atoms with Crippen molar-refractivity contribution in [1.82, 2.24) is 4.98 Å². The summed E-state index contributed by atoms with van der Waals surface area (Å²) < 4.78 is 5.98. The molecule has 0 aliphatic rings. The fourth-order valence-electron chi connectivity index (χ4n) is 2.03. The fourth-order valence-corrected chi connectivity index (χ4v) is 2.88. The molecule has 0 spiro atoms. The first kappa shape index (κ1) is 14.9. The van der Waals surface area contributed by atoms with E-state index in [0.29, 0.717) is 12.5 Å². The van der Waals surface area contributed by atoms with Crippen LogP contribution in [0.1, 0.15) is 46.5 Å². The van der Waals surface area contributed by atoms with Crippen LogP contribution in [-0.4, -0.2) is 4.98 Å². The van der Waals surface area contributed by atoms with Gasteiger partial charge in [0.2, 0.25) is 0 Å². The molecule has 0 amide bonds. The van der Waals surface area contributed by atoms with E-state index in [1.165, 1.54) is 4.88 Å². The molecule has 0 bridgehead atoms. The molecule has 1 aromatic carbocycles. The smallest absolute Gasteiger partial charge is 0.140 e. The largest absolute Gasteiger partial charge is 0.486 e. The lowest BCUT2D eigenvalue weighted by Crippen LogP contribution is -2.02. The second-order valence-corrected chi connectivity index (χ2v) is 6.73.